The molecule has 0 radical (unpaired) electrons. The van der Waals surface area contributed by atoms with Gasteiger partial charge in [-0.15, -0.1) is 0 Å². The van der Waals surface area contributed by atoms with Gasteiger partial charge in [-0.3, -0.25) is 0 Å². The topological polar surface area (TPSA) is 52.6 Å². The maximum atomic E-state index is 5.83. The molecule has 0 bridgehead atoms. The summed E-state index contributed by atoms with van der Waals surface area (Å²) in [5, 5.41) is 7.21. The third kappa shape index (κ3) is 6.60. The van der Waals surface area contributed by atoms with E-state index in [2.05, 4.69) is 51.7 Å². The minimum Gasteiger partial charge on any atom is -0.370 e. The summed E-state index contributed by atoms with van der Waals surface area (Å²) in [4.78, 5) is 11.3. The Bertz CT molecular complexity index is 742. The number of hydrogen-bond donors (Lipinski definition) is 2. The fourth-order valence-corrected chi connectivity index (χ4v) is 4.04. The highest BCUT2D eigenvalue weighted by molar-refractivity contribution is 7.99. The average Bonchev–Trinajstić information content (AvgIpc) is 2.74. The van der Waals surface area contributed by atoms with Crippen LogP contribution in [0.1, 0.15) is 18.1 Å². The van der Waals surface area contributed by atoms with E-state index >= 15 is 0 Å². The Morgan fingerprint density at radius 1 is 1.11 bits per heavy atom. The summed E-state index contributed by atoms with van der Waals surface area (Å²) in [6.07, 6.45) is 2.69. The molecule has 0 unspecified atom stereocenters. The number of thioether (sulfide) groups is 1. The molecule has 1 fully saturated rings. The van der Waals surface area contributed by atoms with Gasteiger partial charge in [0.2, 0.25) is 0 Å². The molecule has 2 aromatic rings. The molecule has 1 aliphatic heterocycles. The van der Waals surface area contributed by atoms with Crippen molar-refractivity contribution < 1.29 is 0 Å². The van der Waals surface area contributed by atoms with Crippen LogP contribution in [0.15, 0.2) is 47.6 Å². The van der Waals surface area contributed by atoms with Crippen molar-refractivity contribution in [3.8, 4) is 0 Å². The predicted molar refractivity (Wildman–Crippen MR) is 122 cm³/mol. The third-order valence-corrected chi connectivity index (χ3v) is 5.74. The number of benzene rings is 1. The molecule has 28 heavy (non-hydrogen) atoms. The molecule has 0 saturated carbocycles. The van der Waals surface area contributed by atoms with Crippen LogP contribution in [0.5, 0.6) is 0 Å². The molecule has 1 aliphatic rings. The van der Waals surface area contributed by atoms with E-state index in [1.807, 2.05) is 30.1 Å². The SMILES string of the molecule is CCNC(=NCc1ccc(N2CCSCC2)cc1)NCCc1ccc(Cl)nc1. The Balaban J connectivity index is 1.50. The minimum absolute atomic E-state index is 0.525. The first kappa shape index (κ1) is 20.8. The normalized spacial score (nSPS) is 14.8. The van der Waals surface area contributed by atoms with Crippen LogP contribution in [0.3, 0.4) is 0 Å². The number of aliphatic imine (C=N–C) groups is 1. The van der Waals surface area contributed by atoms with Gasteiger partial charge in [0, 0.05) is 49.6 Å². The van der Waals surface area contributed by atoms with Crippen LogP contribution in [0.4, 0.5) is 5.69 Å². The van der Waals surface area contributed by atoms with Crippen molar-refractivity contribution in [1.82, 2.24) is 15.6 Å². The van der Waals surface area contributed by atoms with E-state index in [0.29, 0.717) is 11.7 Å². The molecule has 0 amide bonds. The maximum Gasteiger partial charge on any atom is 0.191 e. The molecule has 3 rings (SSSR count). The molecule has 0 aliphatic carbocycles. The number of guanidine groups is 1. The molecule has 150 valence electrons. The summed E-state index contributed by atoms with van der Waals surface area (Å²) in [7, 11) is 0. The van der Waals surface area contributed by atoms with E-state index in [0.717, 1.165) is 44.1 Å². The van der Waals surface area contributed by atoms with Crippen molar-refractivity contribution in [3.05, 3.63) is 58.9 Å². The van der Waals surface area contributed by atoms with Crippen LogP contribution in [0.2, 0.25) is 5.15 Å². The standard InChI is InChI=1S/C21H28ClN5S/c1-2-23-21(24-10-9-18-5-8-20(22)25-15-18)26-16-17-3-6-19(7-4-17)27-11-13-28-14-12-27/h3-8,15H,2,9-14,16H2,1H3,(H2,23,24,26). The summed E-state index contributed by atoms with van der Waals surface area (Å²) >= 11 is 7.87. The largest absolute Gasteiger partial charge is 0.370 e. The quantitative estimate of drug-likeness (QED) is 0.409. The molecule has 1 aromatic carbocycles. The molecular weight excluding hydrogens is 390 g/mol. The van der Waals surface area contributed by atoms with Crippen LogP contribution in [-0.2, 0) is 13.0 Å². The first-order valence-corrected chi connectivity index (χ1v) is 11.3. The van der Waals surface area contributed by atoms with Gasteiger partial charge in [-0.1, -0.05) is 29.8 Å². The Kier molecular flexibility index (Phi) is 8.30. The molecule has 1 saturated heterocycles. The summed E-state index contributed by atoms with van der Waals surface area (Å²) in [6.45, 7) is 6.64. The Morgan fingerprint density at radius 3 is 2.54 bits per heavy atom. The lowest BCUT2D eigenvalue weighted by molar-refractivity contribution is 0.798. The molecule has 7 heteroatoms. The second-order valence-electron chi connectivity index (χ2n) is 6.63. The number of rotatable bonds is 7. The molecular formula is C21H28ClN5S. The highest BCUT2D eigenvalue weighted by Gasteiger charge is 2.10. The number of halogens is 1. The van der Waals surface area contributed by atoms with E-state index < -0.39 is 0 Å². The van der Waals surface area contributed by atoms with E-state index in [4.69, 9.17) is 16.6 Å². The third-order valence-electron chi connectivity index (χ3n) is 4.57. The lowest BCUT2D eigenvalue weighted by Crippen LogP contribution is -2.38. The molecule has 2 heterocycles. The van der Waals surface area contributed by atoms with Crippen LogP contribution in [0.25, 0.3) is 0 Å². The molecule has 1 aromatic heterocycles. The van der Waals surface area contributed by atoms with Gasteiger partial charge in [0.15, 0.2) is 5.96 Å². The lowest BCUT2D eigenvalue weighted by Gasteiger charge is -2.28. The Labute approximate surface area is 177 Å². The van der Waals surface area contributed by atoms with Gasteiger partial charge < -0.3 is 15.5 Å². The summed E-state index contributed by atoms with van der Waals surface area (Å²) in [6, 6.07) is 12.6. The molecule has 5 nitrogen and oxygen atoms in total. The molecule has 2 N–H and O–H groups in total. The highest BCUT2D eigenvalue weighted by Crippen LogP contribution is 2.20. The van der Waals surface area contributed by atoms with Crippen molar-refractivity contribution in [3.63, 3.8) is 0 Å². The lowest BCUT2D eigenvalue weighted by atomic mass is 10.2. The Hall–Kier alpha value is -1.92. The smallest absolute Gasteiger partial charge is 0.191 e. The number of nitrogens with one attached hydrogen (secondary N) is 2. The number of hydrogen-bond acceptors (Lipinski definition) is 4. The zero-order valence-electron chi connectivity index (χ0n) is 16.3. The van der Waals surface area contributed by atoms with E-state index in [1.54, 1.807) is 0 Å². The monoisotopic (exact) mass is 417 g/mol. The zero-order valence-corrected chi connectivity index (χ0v) is 17.9. The van der Waals surface area contributed by atoms with E-state index in [9.17, 15) is 0 Å². The van der Waals surface area contributed by atoms with Crippen LogP contribution < -0.4 is 15.5 Å². The summed E-state index contributed by atoms with van der Waals surface area (Å²) < 4.78 is 0. The van der Waals surface area contributed by atoms with Crippen molar-refractivity contribution in [2.24, 2.45) is 4.99 Å². The number of nitrogens with zero attached hydrogens (tertiary/aromatic N) is 3. The minimum atomic E-state index is 0.525. The van der Waals surface area contributed by atoms with Crippen LogP contribution in [-0.4, -0.2) is 48.6 Å². The van der Waals surface area contributed by atoms with Gasteiger partial charge in [0.1, 0.15) is 5.15 Å². The van der Waals surface area contributed by atoms with Gasteiger partial charge in [-0.25, -0.2) is 9.98 Å². The van der Waals surface area contributed by atoms with Gasteiger partial charge >= 0.3 is 0 Å². The van der Waals surface area contributed by atoms with Gasteiger partial charge in [-0.05, 0) is 42.7 Å². The molecule has 0 atom stereocenters. The number of anilines is 1. The predicted octanol–water partition coefficient (Wildman–Crippen LogP) is 3.59. The second kappa shape index (κ2) is 11.2. The molecule has 0 spiro atoms. The van der Waals surface area contributed by atoms with Gasteiger partial charge in [0.05, 0.1) is 6.54 Å². The van der Waals surface area contributed by atoms with E-state index in [1.165, 1.54) is 22.8 Å². The maximum absolute atomic E-state index is 5.83. The summed E-state index contributed by atoms with van der Waals surface area (Å²) in [5.74, 6) is 3.27. The van der Waals surface area contributed by atoms with Crippen molar-refractivity contribution in [2.75, 3.05) is 42.6 Å². The number of pyridine rings is 1. The Morgan fingerprint density at radius 2 is 1.86 bits per heavy atom. The average molecular weight is 418 g/mol. The number of aromatic nitrogens is 1. The fourth-order valence-electron chi connectivity index (χ4n) is 3.03. The fraction of sp³-hybridized carbons (Fsp3) is 0.429. The van der Waals surface area contributed by atoms with Crippen LogP contribution in [0, 0.1) is 0 Å². The zero-order chi connectivity index (χ0) is 19.6. The van der Waals surface area contributed by atoms with E-state index in [-0.39, 0.29) is 0 Å². The van der Waals surface area contributed by atoms with Gasteiger partial charge in [-0.2, -0.15) is 11.8 Å². The van der Waals surface area contributed by atoms with Crippen molar-refractivity contribution in [2.45, 2.75) is 19.9 Å². The second-order valence-corrected chi connectivity index (χ2v) is 8.24. The van der Waals surface area contributed by atoms with Crippen molar-refractivity contribution in [1.29, 1.82) is 0 Å². The van der Waals surface area contributed by atoms with Gasteiger partial charge in [0.25, 0.3) is 0 Å². The van der Waals surface area contributed by atoms with Crippen molar-refractivity contribution >= 4 is 35.0 Å². The van der Waals surface area contributed by atoms with Crippen LogP contribution >= 0.6 is 23.4 Å². The first-order valence-electron chi connectivity index (χ1n) is 9.79. The highest BCUT2D eigenvalue weighted by atomic mass is 35.5. The summed E-state index contributed by atoms with van der Waals surface area (Å²) in [5.41, 5.74) is 3.68. The first-order chi connectivity index (χ1) is 13.7.